The molecule has 0 radical (unpaired) electrons. The van der Waals surface area contributed by atoms with E-state index in [9.17, 15) is 0 Å². The van der Waals surface area contributed by atoms with Gasteiger partial charge in [0.05, 0.1) is 5.60 Å². The molecule has 1 aliphatic rings. The van der Waals surface area contributed by atoms with E-state index < -0.39 is 0 Å². The highest BCUT2D eigenvalue weighted by Crippen LogP contribution is 2.25. The summed E-state index contributed by atoms with van der Waals surface area (Å²) in [5.41, 5.74) is 2.22. The van der Waals surface area contributed by atoms with Crippen molar-refractivity contribution in [1.82, 2.24) is 10.3 Å². The fourth-order valence-electron chi connectivity index (χ4n) is 2.41. The zero-order valence-corrected chi connectivity index (χ0v) is 10.7. The molecular formula is C12H15BN2O3. The first kappa shape index (κ1) is 11.7. The maximum atomic E-state index is 5.95. The third-order valence-corrected chi connectivity index (χ3v) is 3.11. The van der Waals surface area contributed by atoms with Gasteiger partial charge in [-0.25, -0.2) is 4.63 Å². The maximum absolute atomic E-state index is 5.95. The van der Waals surface area contributed by atoms with E-state index >= 15 is 0 Å². The Labute approximate surface area is 106 Å². The minimum absolute atomic E-state index is 0.171. The highest BCUT2D eigenvalue weighted by Gasteiger charge is 2.38. The van der Waals surface area contributed by atoms with Crippen LogP contribution in [0.1, 0.15) is 27.2 Å². The fourth-order valence-corrected chi connectivity index (χ4v) is 2.41. The molecule has 1 fully saturated rings. The molecule has 3 rings (SSSR count). The van der Waals surface area contributed by atoms with Crippen molar-refractivity contribution in [2.45, 2.75) is 38.9 Å². The Morgan fingerprint density at radius 3 is 2.83 bits per heavy atom. The summed E-state index contributed by atoms with van der Waals surface area (Å²) in [6.07, 6.45) is 1.06. The second kappa shape index (κ2) is 4.07. The van der Waals surface area contributed by atoms with Crippen LogP contribution in [-0.2, 0) is 9.31 Å². The van der Waals surface area contributed by atoms with Gasteiger partial charge < -0.3 is 9.31 Å². The van der Waals surface area contributed by atoms with Gasteiger partial charge in [-0.2, -0.15) is 0 Å². The van der Waals surface area contributed by atoms with Crippen molar-refractivity contribution in [2.24, 2.45) is 0 Å². The number of nitrogens with zero attached hydrogens (tertiary/aromatic N) is 2. The standard InChI is InChI=1S/C12H15BN2O3/c1-8-7-12(2,3)17-13(16-8)9-4-5-10-11(6-9)15-18-14-10/h4-6,8H,7H2,1-3H3. The summed E-state index contributed by atoms with van der Waals surface area (Å²) in [4.78, 5) is 0. The topological polar surface area (TPSA) is 57.4 Å². The normalized spacial score (nSPS) is 23.5. The first-order valence-electron chi connectivity index (χ1n) is 6.09. The molecule has 2 aromatic rings. The van der Waals surface area contributed by atoms with Gasteiger partial charge in [0.2, 0.25) is 0 Å². The fraction of sp³-hybridized carbons (Fsp3) is 0.500. The van der Waals surface area contributed by atoms with E-state index in [0.29, 0.717) is 0 Å². The average Bonchev–Trinajstić information content (AvgIpc) is 2.72. The molecule has 5 nitrogen and oxygen atoms in total. The van der Waals surface area contributed by atoms with Crippen LogP contribution in [0.5, 0.6) is 0 Å². The number of hydrogen-bond donors (Lipinski definition) is 0. The SMILES string of the molecule is CC1CC(C)(C)OB(c2ccc3nonc3c2)O1. The van der Waals surface area contributed by atoms with Crippen molar-refractivity contribution in [1.29, 1.82) is 0 Å². The van der Waals surface area contributed by atoms with E-state index in [0.717, 1.165) is 22.9 Å². The Bertz CT molecular complexity index is 569. The van der Waals surface area contributed by atoms with Crippen LogP contribution < -0.4 is 5.46 Å². The lowest BCUT2D eigenvalue weighted by atomic mass is 9.75. The van der Waals surface area contributed by atoms with Gasteiger partial charge in [0.25, 0.3) is 0 Å². The van der Waals surface area contributed by atoms with Crippen molar-refractivity contribution in [3.8, 4) is 0 Å². The van der Waals surface area contributed by atoms with Crippen molar-refractivity contribution in [3.63, 3.8) is 0 Å². The molecule has 6 heteroatoms. The van der Waals surface area contributed by atoms with Gasteiger partial charge in [-0.1, -0.05) is 6.07 Å². The molecule has 18 heavy (non-hydrogen) atoms. The number of hydrogen-bond acceptors (Lipinski definition) is 5. The van der Waals surface area contributed by atoms with Gasteiger partial charge in [-0.05, 0) is 55.1 Å². The minimum atomic E-state index is -0.357. The first-order valence-corrected chi connectivity index (χ1v) is 6.09. The van der Waals surface area contributed by atoms with Gasteiger partial charge in [0, 0.05) is 6.10 Å². The quantitative estimate of drug-likeness (QED) is 0.714. The molecule has 1 atom stereocenters. The molecule has 94 valence electrons. The lowest BCUT2D eigenvalue weighted by Crippen LogP contribution is -2.51. The van der Waals surface area contributed by atoms with Gasteiger partial charge >= 0.3 is 7.12 Å². The number of aromatic nitrogens is 2. The third-order valence-electron chi connectivity index (χ3n) is 3.11. The lowest BCUT2D eigenvalue weighted by Gasteiger charge is -2.38. The van der Waals surface area contributed by atoms with E-state index in [1.165, 1.54) is 0 Å². The molecule has 1 aliphatic heterocycles. The van der Waals surface area contributed by atoms with Gasteiger partial charge in [-0.15, -0.1) is 0 Å². The van der Waals surface area contributed by atoms with Crippen LogP contribution in [0.3, 0.4) is 0 Å². The van der Waals surface area contributed by atoms with Crippen LogP contribution in [0.25, 0.3) is 11.0 Å². The highest BCUT2D eigenvalue weighted by atomic mass is 16.6. The molecule has 1 aromatic carbocycles. The summed E-state index contributed by atoms with van der Waals surface area (Å²) < 4.78 is 16.5. The summed E-state index contributed by atoms with van der Waals surface area (Å²) in [5.74, 6) is 0. The zero-order valence-electron chi connectivity index (χ0n) is 10.7. The van der Waals surface area contributed by atoms with E-state index in [1.54, 1.807) is 0 Å². The van der Waals surface area contributed by atoms with Gasteiger partial charge in [0.1, 0.15) is 11.0 Å². The molecule has 0 amide bonds. The Morgan fingerprint density at radius 1 is 1.28 bits per heavy atom. The maximum Gasteiger partial charge on any atom is 0.494 e. The number of fused-ring (bicyclic) bond motifs is 1. The van der Waals surface area contributed by atoms with E-state index in [-0.39, 0.29) is 18.8 Å². The van der Waals surface area contributed by atoms with Crippen molar-refractivity contribution in [3.05, 3.63) is 18.2 Å². The van der Waals surface area contributed by atoms with Crippen molar-refractivity contribution in [2.75, 3.05) is 0 Å². The monoisotopic (exact) mass is 246 g/mol. The molecule has 0 bridgehead atoms. The molecule has 1 saturated heterocycles. The molecule has 0 saturated carbocycles. The molecule has 0 aliphatic carbocycles. The van der Waals surface area contributed by atoms with Crippen LogP contribution in [0.15, 0.2) is 22.8 Å². The second-order valence-electron chi connectivity index (χ2n) is 5.37. The van der Waals surface area contributed by atoms with Gasteiger partial charge in [0.15, 0.2) is 0 Å². The Morgan fingerprint density at radius 2 is 2.06 bits per heavy atom. The van der Waals surface area contributed by atoms with Crippen molar-refractivity contribution < 1.29 is 13.9 Å². The van der Waals surface area contributed by atoms with Crippen LogP contribution in [0.4, 0.5) is 0 Å². The van der Waals surface area contributed by atoms with E-state index in [2.05, 4.69) is 35.7 Å². The lowest BCUT2D eigenvalue weighted by molar-refractivity contribution is -0.0229. The summed E-state index contributed by atoms with van der Waals surface area (Å²) in [6, 6.07) is 5.69. The largest absolute Gasteiger partial charge is 0.494 e. The predicted molar refractivity (Wildman–Crippen MR) is 67.5 cm³/mol. The first-order chi connectivity index (χ1) is 8.53. The molecule has 1 aromatic heterocycles. The summed E-state index contributed by atoms with van der Waals surface area (Å²) in [5, 5.41) is 7.61. The average molecular weight is 246 g/mol. The number of rotatable bonds is 1. The number of benzene rings is 1. The van der Waals surface area contributed by atoms with Crippen molar-refractivity contribution >= 4 is 23.6 Å². The highest BCUT2D eigenvalue weighted by molar-refractivity contribution is 6.61. The zero-order chi connectivity index (χ0) is 12.8. The minimum Gasteiger partial charge on any atom is -0.405 e. The molecule has 1 unspecified atom stereocenters. The van der Waals surface area contributed by atoms with Crippen LogP contribution in [0.2, 0.25) is 0 Å². The third kappa shape index (κ3) is 2.13. The van der Waals surface area contributed by atoms with E-state index in [4.69, 9.17) is 9.31 Å². The molecular weight excluding hydrogens is 231 g/mol. The van der Waals surface area contributed by atoms with Gasteiger partial charge in [-0.3, -0.25) is 0 Å². The summed E-state index contributed by atoms with van der Waals surface area (Å²) >= 11 is 0. The molecule has 0 N–H and O–H groups in total. The predicted octanol–water partition coefficient (Wildman–Crippen LogP) is 1.52. The van der Waals surface area contributed by atoms with Crippen LogP contribution in [0, 0.1) is 0 Å². The Balaban J connectivity index is 1.93. The second-order valence-corrected chi connectivity index (χ2v) is 5.37. The smallest absolute Gasteiger partial charge is 0.405 e. The molecule has 0 spiro atoms. The Hall–Kier alpha value is -1.40. The van der Waals surface area contributed by atoms with Crippen LogP contribution in [-0.4, -0.2) is 29.1 Å². The summed E-state index contributed by atoms with van der Waals surface area (Å²) in [6.45, 7) is 6.22. The van der Waals surface area contributed by atoms with E-state index in [1.807, 2.05) is 18.2 Å². The molecule has 2 heterocycles. The summed E-state index contributed by atoms with van der Waals surface area (Å²) in [7, 11) is -0.357. The Kier molecular flexibility index (Phi) is 2.64. The van der Waals surface area contributed by atoms with Crippen LogP contribution >= 0.6 is 0 Å².